The highest BCUT2D eigenvalue weighted by Gasteiger charge is 2.40. The molecule has 1 aromatic heterocycles. The minimum atomic E-state index is -0.762. The number of rotatable bonds is 4. The number of anilines is 1. The first-order valence-corrected chi connectivity index (χ1v) is 9.37. The topological polar surface area (TPSA) is 72.5 Å². The molecular formula is C18H21N3O3S. The van der Waals surface area contributed by atoms with Crippen molar-refractivity contribution in [1.82, 2.24) is 10.3 Å². The quantitative estimate of drug-likeness (QED) is 0.877. The van der Waals surface area contributed by atoms with Gasteiger partial charge in [0.05, 0.1) is 12.3 Å². The van der Waals surface area contributed by atoms with Crippen molar-refractivity contribution in [3.05, 3.63) is 29.1 Å². The van der Waals surface area contributed by atoms with Gasteiger partial charge in [0.2, 0.25) is 0 Å². The van der Waals surface area contributed by atoms with Gasteiger partial charge in [-0.2, -0.15) is 0 Å². The number of aromatic nitrogens is 1. The van der Waals surface area contributed by atoms with E-state index in [1.54, 1.807) is 7.11 Å². The van der Waals surface area contributed by atoms with Crippen molar-refractivity contribution in [3.63, 3.8) is 0 Å². The Balaban J connectivity index is 1.50. The molecule has 3 heterocycles. The highest BCUT2D eigenvalue weighted by atomic mass is 32.1. The van der Waals surface area contributed by atoms with Crippen LogP contribution in [-0.4, -0.2) is 43.3 Å². The number of piperidine rings is 1. The third kappa shape index (κ3) is 3.15. The van der Waals surface area contributed by atoms with Crippen LogP contribution < -0.4 is 15.4 Å². The number of carbonyl (C=O) groups is 1. The van der Waals surface area contributed by atoms with Gasteiger partial charge in [-0.3, -0.25) is 10.1 Å². The summed E-state index contributed by atoms with van der Waals surface area (Å²) in [4.78, 5) is 17.3. The summed E-state index contributed by atoms with van der Waals surface area (Å²) in [6.45, 7) is 2.30. The van der Waals surface area contributed by atoms with Crippen LogP contribution in [0.5, 0.6) is 5.75 Å². The van der Waals surface area contributed by atoms with Crippen LogP contribution in [0.2, 0.25) is 0 Å². The molecule has 1 fully saturated rings. The molecule has 132 valence electrons. The average Bonchev–Trinajstić information content (AvgIpc) is 3.30. The predicted molar refractivity (Wildman–Crippen MR) is 97.2 cm³/mol. The number of benzene rings is 1. The number of ether oxygens (including phenoxy) is 2. The second-order valence-corrected chi connectivity index (χ2v) is 7.22. The van der Waals surface area contributed by atoms with Gasteiger partial charge in [-0.05, 0) is 49.7 Å². The summed E-state index contributed by atoms with van der Waals surface area (Å²) in [6.07, 6.45) is 2.26. The first-order chi connectivity index (χ1) is 12.2. The lowest BCUT2D eigenvalue weighted by atomic mass is 9.91. The minimum absolute atomic E-state index is 0.111. The third-order valence-corrected chi connectivity index (χ3v) is 5.68. The molecule has 7 heteroatoms. The lowest BCUT2D eigenvalue weighted by Gasteiger charge is -2.34. The lowest BCUT2D eigenvalue weighted by molar-refractivity contribution is -0.140. The van der Waals surface area contributed by atoms with E-state index in [-0.39, 0.29) is 5.91 Å². The normalized spacial score (nSPS) is 18.4. The lowest BCUT2D eigenvalue weighted by Crippen LogP contribution is -2.51. The molecule has 1 aromatic carbocycles. The van der Waals surface area contributed by atoms with Crippen LogP contribution in [0.1, 0.15) is 18.4 Å². The number of fused-ring (bicyclic) bond motifs is 1. The second-order valence-electron chi connectivity index (χ2n) is 6.36. The van der Waals surface area contributed by atoms with Gasteiger partial charge in [0.25, 0.3) is 5.91 Å². The van der Waals surface area contributed by atoms with Crippen molar-refractivity contribution in [2.24, 2.45) is 0 Å². The zero-order chi connectivity index (χ0) is 17.3. The molecule has 0 aliphatic carbocycles. The highest BCUT2D eigenvalue weighted by Crippen LogP contribution is 2.32. The fraction of sp³-hybridized carbons (Fsp3) is 0.444. The Hall–Kier alpha value is -1.96. The molecule has 6 nitrogen and oxygen atoms in total. The van der Waals surface area contributed by atoms with Gasteiger partial charge in [0.15, 0.2) is 5.13 Å². The van der Waals surface area contributed by atoms with Gasteiger partial charge in [-0.1, -0.05) is 0 Å². The fourth-order valence-electron chi connectivity index (χ4n) is 3.38. The molecule has 1 amide bonds. The Morgan fingerprint density at radius 1 is 1.40 bits per heavy atom. The minimum Gasteiger partial charge on any atom is -0.493 e. The average molecular weight is 359 g/mol. The van der Waals surface area contributed by atoms with E-state index < -0.39 is 5.60 Å². The van der Waals surface area contributed by atoms with Crippen LogP contribution in [0.15, 0.2) is 23.6 Å². The molecule has 0 saturated carbocycles. The molecule has 25 heavy (non-hydrogen) atoms. The summed E-state index contributed by atoms with van der Waals surface area (Å²) in [7, 11) is 1.60. The number of amides is 1. The molecule has 1 saturated heterocycles. The van der Waals surface area contributed by atoms with E-state index >= 15 is 0 Å². The summed E-state index contributed by atoms with van der Waals surface area (Å²) in [5.74, 6) is 0.847. The largest absolute Gasteiger partial charge is 0.493 e. The van der Waals surface area contributed by atoms with E-state index in [9.17, 15) is 4.79 Å². The first-order valence-electron chi connectivity index (χ1n) is 8.49. The number of nitrogens with zero attached hydrogens (tertiary/aromatic N) is 1. The monoisotopic (exact) mass is 359 g/mol. The van der Waals surface area contributed by atoms with E-state index in [0.717, 1.165) is 43.1 Å². The summed E-state index contributed by atoms with van der Waals surface area (Å²) >= 11 is 1.43. The van der Waals surface area contributed by atoms with Crippen molar-refractivity contribution >= 4 is 22.4 Å². The molecule has 2 aliphatic rings. The van der Waals surface area contributed by atoms with Crippen molar-refractivity contribution in [2.45, 2.75) is 24.9 Å². The maximum absolute atomic E-state index is 12.7. The third-order valence-electron chi connectivity index (χ3n) is 4.93. The van der Waals surface area contributed by atoms with E-state index in [1.807, 2.05) is 17.5 Å². The van der Waals surface area contributed by atoms with Crippen LogP contribution in [0.3, 0.4) is 0 Å². The SMILES string of the molecule is COC1(C(=O)Nc2nc(-c3ccc4c(c3)CCO4)cs2)CCNCC1. The maximum atomic E-state index is 12.7. The van der Waals surface area contributed by atoms with Crippen molar-refractivity contribution < 1.29 is 14.3 Å². The molecule has 0 atom stereocenters. The van der Waals surface area contributed by atoms with E-state index in [2.05, 4.69) is 21.7 Å². The van der Waals surface area contributed by atoms with Crippen molar-refractivity contribution in [1.29, 1.82) is 0 Å². The van der Waals surface area contributed by atoms with Crippen LogP contribution in [0.4, 0.5) is 5.13 Å². The van der Waals surface area contributed by atoms with E-state index in [1.165, 1.54) is 16.9 Å². The van der Waals surface area contributed by atoms with Gasteiger partial charge < -0.3 is 14.8 Å². The van der Waals surface area contributed by atoms with E-state index in [0.29, 0.717) is 18.0 Å². The summed E-state index contributed by atoms with van der Waals surface area (Å²) in [6, 6.07) is 6.12. The molecule has 0 radical (unpaired) electrons. The molecule has 0 unspecified atom stereocenters. The van der Waals surface area contributed by atoms with Crippen LogP contribution in [0.25, 0.3) is 11.3 Å². The Labute approximate surface area is 150 Å². The molecule has 2 aliphatic heterocycles. The Bertz CT molecular complexity index is 784. The van der Waals surface area contributed by atoms with Gasteiger partial charge in [-0.25, -0.2) is 4.98 Å². The number of hydrogen-bond acceptors (Lipinski definition) is 6. The highest BCUT2D eigenvalue weighted by molar-refractivity contribution is 7.14. The van der Waals surface area contributed by atoms with Gasteiger partial charge in [-0.15, -0.1) is 11.3 Å². The number of methoxy groups -OCH3 is 1. The number of nitrogens with one attached hydrogen (secondary N) is 2. The molecule has 0 bridgehead atoms. The van der Waals surface area contributed by atoms with Gasteiger partial charge in [0, 0.05) is 24.5 Å². The van der Waals surface area contributed by atoms with Crippen molar-refractivity contribution in [2.75, 3.05) is 32.1 Å². The zero-order valence-corrected chi connectivity index (χ0v) is 14.9. The van der Waals surface area contributed by atoms with Crippen LogP contribution in [0, 0.1) is 0 Å². The molecule has 2 aromatic rings. The zero-order valence-electron chi connectivity index (χ0n) is 14.1. The summed E-state index contributed by atoms with van der Waals surface area (Å²) < 4.78 is 11.1. The maximum Gasteiger partial charge on any atom is 0.258 e. The second kappa shape index (κ2) is 6.74. The molecule has 2 N–H and O–H groups in total. The standard InChI is InChI=1S/C18H21N3O3S/c1-23-18(5-7-19-8-6-18)16(22)21-17-20-14(11-25-17)12-2-3-15-13(10-12)4-9-24-15/h2-3,10-11,19H,4-9H2,1H3,(H,20,21,22). The van der Waals surface area contributed by atoms with Crippen molar-refractivity contribution in [3.8, 4) is 17.0 Å². The number of thiazole rings is 1. The van der Waals surface area contributed by atoms with Gasteiger partial charge in [0.1, 0.15) is 11.4 Å². The Morgan fingerprint density at radius 2 is 2.24 bits per heavy atom. The van der Waals surface area contributed by atoms with Gasteiger partial charge >= 0.3 is 0 Å². The van der Waals surface area contributed by atoms with Crippen LogP contribution in [-0.2, 0) is 16.0 Å². The smallest absolute Gasteiger partial charge is 0.258 e. The molecule has 0 spiro atoms. The summed E-state index contributed by atoms with van der Waals surface area (Å²) in [5, 5.41) is 8.76. The number of carbonyl (C=O) groups excluding carboxylic acids is 1. The van der Waals surface area contributed by atoms with E-state index in [4.69, 9.17) is 9.47 Å². The predicted octanol–water partition coefficient (Wildman–Crippen LogP) is 2.45. The Morgan fingerprint density at radius 3 is 3.04 bits per heavy atom. The molecular weight excluding hydrogens is 338 g/mol. The van der Waals surface area contributed by atoms with Crippen LogP contribution >= 0.6 is 11.3 Å². The summed E-state index contributed by atoms with van der Waals surface area (Å²) in [5.41, 5.74) is 2.36. The first kappa shape index (κ1) is 16.5. The fourth-order valence-corrected chi connectivity index (χ4v) is 4.09. The number of hydrogen-bond donors (Lipinski definition) is 2. The Kier molecular flexibility index (Phi) is 4.45. The molecule has 4 rings (SSSR count).